The molecule has 0 aliphatic carbocycles. The maximum Gasteiger partial charge on any atom is 2.00 e. The second-order valence-electron chi connectivity index (χ2n) is 3.30. The van der Waals surface area contributed by atoms with E-state index < -0.39 is 11.5 Å². The van der Waals surface area contributed by atoms with E-state index in [4.69, 9.17) is 0 Å². The maximum atomic E-state index is 11.5. The Balaban J connectivity index is 0.00000112. The van der Waals surface area contributed by atoms with Gasteiger partial charge in [0, 0.05) is 0 Å². The van der Waals surface area contributed by atoms with Crippen LogP contribution in [0.2, 0.25) is 0 Å². The van der Waals surface area contributed by atoms with E-state index in [2.05, 4.69) is 0 Å². The summed E-state index contributed by atoms with van der Waals surface area (Å²) in [6.45, 7) is 2.02. The van der Waals surface area contributed by atoms with Crippen molar-refractivity contribution in [2.75, 3.05) is 0 Å². The first-order valence-electron chi connectivity index (χ1n) is 4.62. The summed E-state index contributed by atoms with van der Waals surface area (Å²) in [5.74, 6) is -0.816. The van der Waals surface area contributed by atoms with E-state index in [0.29, 0.717) is 5.39 Å². The monoisotopic (exact) mass is 244 g/mol. The van der Waals surface area contributed by atoms with Crippen LogP contribution in [-0.4, -0.2) is 0 Å². The summed E-state index contributed by atoms with van der Waals surface area (Å²) in [4.78, 5) is 0. The van der Waals surface area contributed by atoms with Gasteiger partial charge in [0.15, 0.2) is 0 Å². The predicted molar refractivity (Wildman–Crippen MR) is 52.2 cm³/mol. The van der Waals surface area contributed by atoms with Crippen LogP contribution in [0.25, 0.3) is 10.8 Å². The summed E-state index contributed by atoms with van der Waals surface area (Å²) in [5, 5.41) is 24.0. The molecule has 0 saturated heterocycles. The van der Waals surface area contributed by atoms with Crippen LogP contribution in [0.1, 0.15) is 12.5 Å². The van der Waals surface area contributed by atoms with Crippen molar-refractivity contribution < 1.29 is 26.7 Å². The Labute approximate surface area is 98.5 Å². The predicted octanol–water partition coefficient (Wildman–Crippen LogP) is 1.55. The Morgan fingerprint density at radius 1 is 1.07 bits per heavy atom. The minimum atomic E-state index is -0.425. The van der Waals surface area contributed by atoms with E-state index in [-0.39, 0.29) is 16.5 Å². The van der Waals surface area contributed by atoms with Crippen LogP contribution in [0.3, 0.4) is 0 Å². The van der Waals surface area contributed by atoms with Crippen molar-refractivity contribution in [1.82, 2.24) is 0 Å². The summed E-state index contributed by atoms with van der Waals surface area (Å²) < 4.78 is 0. The van der Waals surface area contributed by atoms with Gasteiger partial charge < -0.3 is 10.2 Å². The third-order valence-corrected chi connectivity index (χ3v) is 2.41. The first-order chi connectivity index (χ1) is 6.72. The van der Waals surface area contributed by atoms with E-state index in [0.717, 1.165) is 17.4 Å². The third kappa shape index (κ3) is 2.08. The second-order valence-corrected chi connectivity index (χ2v) is 3.30. The SMILES string of the molecule is CCc1ccc2ccc([O-])c([O-])c2c1.[Ni+2]. The molecule has 2 aromatic rings. The second kappa shape index (κ2) is 4.54. The molecule has 80 valence electrons. The molecule has 0 N–H and O–H groups in total. The van der Waals surface area contributed by atoms with Crippen LogP contribution in [0, 0.1) is 0 Å². The molecule has 0 saturated carbocycles. The smallest absolute Gasteiger partial charge is 0.873 e. The molecule has 0 bridgehead atoms. The van der Waals surface area contributed by atoms with Gasteiger partial charge >= 0.3 is 16.5 Å². The van der Waals surface area contributed by atoms with Crippen molar-refractivity contribution in [3.63, 3.8) is 0 Å². The Morgan fingerprint density at radius 3 is 2.40 bits per heavy atom. The van der Waals surface area contributed by atoms with Crippen LogP contribution < -0.4 is 10.2 Å². The minimum Gasteiger partial charge on any atom is -0.873 e. The van der Waals surface area contributed by atoms with Crippen molar-refractivity contribution >= 4 is 10.8 Å². The number of hydrogen-bond acceptors (Lipinski definition) is 2. The number of rotatable bonds is 1. The van der Waals surface area contributed by atoms with Crippen molar-refractivity contribution in [2.45, 2.75) is 13.3 Å². The summed E-state index contributed by atoms with van der Waals surface area (Å²) in [6.07, 6.45) is 0.873. The molecule has 0 aliphatic rings. The number of aryl methyl sites for hydroxylation is 1. The quantitative estimate of drug-likeness (QED) is 0.715. The molecule has 2 rings (SSSR count). The maximum absolute atomic E-state index is 11.5. The molecule has 0 amide bonds. The van der Waals surface area contributed by atoms with Crippen LogP contribution in [0.4, 0.5) is 0 Å². The van der Waals surface area contributed by atoms with E-state index >= 15 is 0 Å². The molecule has 2 aromatic carbocycles. The summed E-state index contributed by atoms with van der Waals surface area (Å²) in [7, 11) is 0. The zero-order valence-corrected chi connectivity index (χ0v) is 9.21. The molecule has 0 fully saturated rings. The summed E-state index contributed by atoms with van der Waals surface area (Å²) in [5.41, 5.74) is 1.08. The Hall–Kier alpha value is -1.21. The third-order valence-electron chi connectivity index (χ3n) is 2.41. The van der Waals surface area contributed by atoms with Gasteiger partial charge in [-0.15, -0.1) is 11.5 Å². The Kier molecular flexibility index (Phi) is 3.59. The fourth-order valence-electron chi connectivity index (χ4n) is 1.54. The van der Waals surface area contributed by atoms with Gasteiger partial charge in [-0.05, 0) is 22.8 Å². The normalized spacial score (nSPS) is 9.93. The van der Waals surface area contributed by atoms with E-state index in [9.17, 15) is 10.2 Å². The first-order valence-corrected chi connectivity index (χ1v) is 4.62. The van der Waals surface area contributed by atoms with Crippen LogP contribution >= 0.6 is 0 Å². The van der Waals surface area contributed by atoms with Gasteiger partial charge in [-0.3, -0.25) is 0 Å². The van der Waals surface area contributed by atoms with E-state index in [1.807, 2.05) is 19.1 Å². The molecule has 3 heteroatoms. The minimum absolute atomic E-state index is 0. The summed E-state index contributed by atoms with van der Waals surface area (Å²) >= 11 is 0. The van der Waals surface area contributed by atoms with Crippen molar-refractivity contribution in [1.29, 1.82) is 0 Å². The molecule has 0 unspecified atom stereocenters. The molecule has 0 aliphatic heterocycles. The zero-order valence-electron chi connectivity index (χ0n) is 8.23. The average molecular weight is 245 g/mol. The largest absolute Gasteiger partial charge is 2.00 e. The molecule has 0 aromatic heterocycles. The molecule has 2 nitrogen and oxygen atoms in total. The van der Waals surface area contributed by atoms with Gasteiger partial charge in [-0.25, -0.2) is 0 Å². The zero-order chi connectivity index (χ0) is 10.1. The molecular weight excluding hydrogens is 235 g/mol. The fourth-order valence-corrected chi connectivity index (χ4v) is 1.54. The number of fused-ring (bicyclic) bond motifs is 1. The van der Waals surface area contributed by atoms with Gasteiger partial charge in [-0.1, -0.05) is 37.3 Å². The van der Waals surface area contributed by atoms with Crippen LogP contribution in [0.5, 0.6) is 11.5 Å². The molecule has 15 heavy (non-hydrogen) atoms. The van der Waals surface area contributed by atoms with Gasteiger partial charge in [-0.2, -0.15) is 0 Å². The van der Waals surface area contributed by atoms with Gasteiger partial charge in [0.25, 0.3) is 0 Å². The number of benzene rings is 2. The Morgan fingerprint density at radius 2 is 1.73 bits per heavy atom. The molecule has 0 atom stereocenters. The first kappa shape index (κ1) is 11.9. The molecule has 0 spiro atoms. The number of hydrogen-bond donors (Lipinski definition) is 0. The fraction of sp³-hybridized carbons (Fsp3) is 0.167. The van der Waals surface area contributed by atoms with Crippen molar-refractivity contribution in [2.24, 2.45) is 0 Å². The van der Waals surface area contributed by atoms with Crippen LogP contribution in [-0.2, 0) is 22.9 Å². The van der Waals surface area contributed by atoms with Gasteiger partial charge in [0.1, 0.15) is 0 Å². The average Bonchev–Trinajstić information content (AvgIpc) is 2.23. The summed E-state index contributed by atoms with van der Waals surface area (Å²) in [6, 6.07) is 8.69. The van der Waals surface area contributed by atoms with E-state index in [1.165, 1.54) is 6.07 Å². The standard InChI is InChI=1S/C12H12O2.Ni/c1-2-8-3-4-9-5-6-11(13)12(14)10(9)7-8;/h3-7,13-14H,2H2,1H3;/q;+2/p-2. The van der Waals surface area contributed by atoms with Gasteiger partial charge in [0.05, 0.1) is 0 Å². The van der Waals surface area contributed by atoms with E-state index in [1.54, 1.807) is 12.1 Å². The van der Waals surface area contributed by atoms with Crippen molar-refractivity contribution in [3.8, 4) is 11.5 Å². The molecular formula is C12H10NiO2. The van der Waals surface area contributed by atoms with Crippen molar-refractivity contribution in [3.05, 3.63) is 35.9 Å². The topological polar surface area (TPSA) is 46.1 Å². The van der Waals surface area contributed by atoms with Crippen LogP contribution in [0.15, 0.2) is 30.3 Å². The molecule has 0 radical (unpaired) electrons. The van der Waals surface area contributed by atoms with Gasteiger partial charge in [0.2, 0.25) is 0 Å². The Bertz CT molecular complexity index is 480. The molecule has 0 heterocycles.